The fourth-order valence-electron chi connectivity index (χ4n) is 2.34. The molecule has 1 aliphatic heterocycles. The fourth-order valence-corrected chi connectivity index (χ4v) is 2.34. The van der Waals surface area contributed by atoms with Crippen LogP contribution in [-0.2, 0) is 28.6 Å². The summed E-state index contributed by atoms with van der Waals surface area (Å²) in [5.74, 6) is -3.07. The Bertz CT molecular complexity index is 441. The van der Waals surface area contributed by atoms with Gasteiger partial charge in [-0.05, 0) is 20.3 Å². The van der Waals surface area contributed by atoms with Crippen LogP contribution in [0.3, 0.4) is 0 Å². The third-order valence-electron chi connectivity index (χ3n) is 3.31. The average Bonchev–Trinajstić information content (AvgIpc) is 2.60. The monoisotopic (exact) mass is 284 g/mol. The average molecular weight is 284 g/mol. The van der Waals surface area contributed by atoms with Crippen molar-refractivity contribution in [1.29, 1.82) is 0 Å². The third-order valence-corrected chi connectivity index (χ3v) is 3.31. The van der Waals surface area contributed by atoms with E-state index >= 15 is 0 Å². The van der Waals surface area contributed by atoms with Crippen molar-refractivity contribution in [3.63, 3.8) is 0 Å². The zero-order valence-corrected chi connectivity index (χ0v) is 12.2. The summed E-state index contributed by atoms with van der Waals surface area (Å²) in [6, 6.07) is 0. The lowest BCUT2D eigenvalue weighted by molar-refractivity contribution is -0.162. The largest absolute Gasteiger partial charge is 0.469 e. The van der Waals surface area contributed by atoms with Gasteiger partial charge in [-0.1, -0.05) is 19.9 Å². The molecule has 3 atom stereocenters. The fraction of sp³-hybridized carbons (Fsp3) is 0.643. The first-order valence-corrected chi connectivity index (χ1v) is 6.44. The lowest BCUT2D eigenvalue weighted by Crippen LogP contribution is -2.43. The van der Waals surface area contributed by atoms with Crippen molar-refractivity contribution in [2.45, 2.75) is 45.3 Å². The maximum absolute atomic E-state index is 11.9. The first-order chi connectivity index (χ1) is 9.26. The highest BCUT2D eigenvalue weighted by molar-refractivity contribution is 5.93. The van der Waals surface area contributed by atoms with Crippen molar-refractivity contribution >= 4 is 17.9 Å². The van der Waals surface area contributed by atoms with Crippen molar-refractivity contribution in [2.24, 2.45) is 5.92 Å². The van der Waals surface area contributed by atoms with E-state index in [9.17, 15) is 14.4 Å². The van der Waals surface area contributed by atoms with E-state index in [2.05, 4.69) is 6.58 Å². The first-order valence-electron chi connectivity index (χ1n) is 6.44. The Kier molecular flexibility index (Phi) is 4.92. The van der Waals surface area contributed by atoms with Gasteiger partial charge >= 0.3 is 17.9 Å². The SMILES string of the molecule is C=C(C)C(=O)OC1C(=O)OC(C)(CCC)C1C(=O)OC. The maximum atomic E-state index is 11.9. The number of carbonyl (C=O) groups excluding carboxylic acids is 3. The molecule has 0 N–H and O–H groups in total. The first kappa shape index (κ1) is 16.2. The van der Waals surface area contributed by atoms with Crippen LogP contribution < -0.4 is 0 Å². The molecule has 0 bridgehead atoms. The summed E-state index contributed by atoms with van der Waals surface area (Å²) >= 11 is 0. The van der Waals surface area contributed by atoms with E-state index in [0.717, 1.165) is 0 Å². The van der Waals surface area contributed by atoms with Gasteiger partial charge in [-0.25, -0.2) is 9.59 Å². The van der Waals surface area contributed by atoms with Gasteiger partial charge in [-0.3, -0.25) is 4.79 Å². The van der Waals surface area contributed by atoms with Crippen LogP contribution in [0.25, 0.3) is 0 Å². The van der Waals surface area contributed by atoms with E-state index in [4.69, 9.17) is 14.2 Å². The molecule has 0 amide bonds. The number of ether oxygens (including phenoxy) is 3. The molecule has 112 valence electrons. The topological polar surface area (TPSA) is 78.9 Å². The highest BCUT2D eigenvalue weighted by Crippen LogP contribution is 2.39. The molecule has 0 saturated carbocycles. The summed E-state index contributed by atoms with van der Waals surface area (Å²) in [4.78, 5) is 35.4. The van der Waals surface area contributed by atoms with E-state index in [1.807, 2.05) is 6.92 Å². The van der Waals surface area contributed by atoms with Crippen LogP contribution in [0.2, 0.25) is 0 Å². The highest BCUT2D eigenvalue weighted by atomic mass is 16.6. The van der Waals surface area contributed by atoms with Crippen LogP contribution in [0.5, 0.6) is 0 Å². The molecule has 6 nitrogen and oxygen atoms in total. The van der Waals surface area contributed by atoms with E-state index in [0.29, 0.717) is 12.8 Å². The molecule has 1 heterocycles. The summed E-state index contributed by atoms with van der Waals surface area (Å²) in [7, 11) is 1.22. The van der Waals surface area contributed by atoms with Crippen LogP contribution in [0.1, 0.15) is 33.6 Å². The summed E-state index contributed by atoms with van der Waals surface area (Å²) in [5.41, 5.74) is -0.885. The molecule has 0 aromatic heterocycles. The molecule has 6 heteroatoms. The van der Waals surface area contributed by atoms with Gasteiger partial charge in [0.25, 0.3) is 0 Å². The van der Waals surface area contributed by atoms with E-state index in [1.165, 1.54) is 14.0 Å². The van der Waals surface area contributed by atoms with E-state index < -0.39 is 35.5 Å². The van der Waals surface area contributed by atoms with Gasteiger partial charge in [0.15, 0.2) is 0 Å². The summed E-state index contributed by atoms with van der Waals surface area (Å²) in [6.45, 7) is 8.45. The molecule has 3 unspecified atom stereocenters. The quantitative estimate of drug-likeness (QED) is 0.431. The molecule has 0 radical (unpaired) electrons. The Hall–Kier alpha value is -1.85. The minimum atomic E-state index is -1.29. The van der Waals surface area contributed by atoms with Gasteiger partial charge in [0.05, 0.1) is 7.11 Å². The van der Waals surface area contributed by atoms with Gasteiger partial charge in [-0.15, -0.1) is 0 Å². The zero-order valence-electron chi connectivity index (χ0n) is 12.2. The lowest BCUT2D eigenvalue weighted by atomic mass is 9.84. The zero-order chi connectivity index (χ0) is 15.5. The third kappa shape index (κ3) is 3.00. The van der Waals surface area contributed by atoms with Gasteiger partial charge in [-0.2, -0.15) is 0 Å². The van der Waals surface area contributed by atoms with Crippen LogP contribution in [0.15, 0.2) is 12.2 Å². The van der Waals surface area contributed by atoms with Crippen molar-refractivity contribution in [3.05, 3.63) is 12.2 Å². The van der Waals surface area contributed by atoms with Crippen LogP contribution in [-0.4, -0.2) is 36.7 Å². The number of hydrogen-bond acceptors (Lipinski definition) is 6. The number of carbonyl (C=O) groups is 3. The van der Waals surface area contributed by atoms with Crippen molar-refractivity contribution < 1.29 is 28.6 Å². The minimum absolute atomic E-state index is 0.144. The standard InChI is InChI=1S/C14H20O6/c1-6-7-14(4)9(12(16)18-5)10(13(17)20-14)19-11(15)8(2)3/h9-10H,2,6-7H2,1,3-5H3. The molecule has 0 aromatic rings. The van der Waals surface area contributed by atoms with Gasteiger partial charge < -0.3 is 14.2 Å². The Morgan fingerprint density at radius 3 is 2.50 bits per heavy atom. The number of methoxy groups -OCH3 is 1. The van der Waals surface area contributed by atoms with Gasteiger partial charge in [0.1, 0.15) is 11.5 Å². The molecule has 1 rings (SSSR count). The van der Waals surface area contributed by atoms with Crippen LogP contribution >= 0.6 is 0 Å². The summed E-state index contributed by atoms with van der Waals surface area (Å²) < 4.78 is 15.0. The Morgan fingerprint density at radius 2 is 2.05 bits per heavy atom. The van der Waals surface area contributed by atoms with Crippen LogP contribution in [0, 0.1) is 5.92 Å². The highest BCUT2D eigenvalue weighted by Gasteiger charge is 2.58. The second kappa shape index (κ2) is 6.07. The second-order valence-corrected chi connectivity index (χ2v) is 5.09. The predicted molar refractivity (Wildman–Crippen MR) is 69.6 cm³/mol. The summed E-state index contributed by atoms with van der Waals surface area (Å²) in [6.07, 6.45) is -0.110. The van der Waals surface area contributed by atoms with Gasteiger partial charge in [0.2, 0.25) is 6.10 Å². The number of rotatable bonds is 5. The normalized spacial score (nSPS) is 28.7. The Morgan fingerprint density at radius 1 is 1.45 bits per heavy atom. The molecule has 1 aliphatic rings. The molecule has 1 saturated heterocycles. The molecular weight excluding hydrogens is 264 g/mol. The maximum Gasteiger partial charge on any atom is 0.349 e. The molecule has 1 fully saturated rings. The number of esters is 3. The second-order valence-electron chi connectivity index (χ2n) is 5.09. The number of hydrogen-bond donors (Lipinski definition) is 0. The molecule has 0 aliphatic carbocycles. The van der Waals surface area contributed by atoms with Crippen molar-refractivity contribution in [1.82, 2.24) is 0 Å². The van der Waals surface area contributed by atoms with Crippen LogP contribution in [0.4, 0.5) is 0 Å². The Labute approximate surface area is 118 Å². The molecular formula is C14H20O6. The molecule has 20 heavy (non-hydrogen) atoms. The summed E-state index contributed by atoms with van der Waals surface area (Å²) in [5, 5.41) is 0. The van der Waals surface area contributed by atoms with Crippen molar-refractivity contribution in [2.75, 3.05) is 7.11 Å². The molecule has 0 spiro atoms. The lowest BCUT2D eigenvalue weighted by Gasteiger charge is -2.28. The van der Waals surface area contributed by atoms with E-state index in [-0.39, 0.29) is 5.57 Å². The smallest absolute Gasteiger partial charge is 0.349 e. The van der Waals surface area contributed by atoms with Crippen molar-refractivity contribution in [3.8, 4) is 0 Å². The van der Waals surface area contributed by atoms with Gasteiger partial charge in [0, 0.05) is 5.57 Å². The molecule has 0 aromatic carbocycles. The minimum Gasteiger partial charge on any atom is -0.469 e. The predicted octanol–water partition coefficient (Wildman–Crippen LogP) is 1.38. The Balaban J connectivity index is 3.07. The van der Waals surface area contributed by atoms with E-state index in [1.54, 1.807) is 6.92 Å². The number of cyclic esters (lactones) is 1.